The second kappa shape index (κ2) is 10.5. The number of nitro benzene ring substituents is 1. The molecule has 0 atom stereocenters. The molecule has 4 rings (SSSR count). The Morgan fingerprint density at radius 3 is 2.39 bits per heavy atom. The van der Waals surface area contributed by atoms with E-state index >= 15 is 0 Å². The lowest BCUT2D eigenvalue weighted by atomic mass is 10.2. The van der Waals surface area contributed by atoms with Crippen molar-refractivity contribution in [3.8, 4) is 17.5 Å². The van der Waals surface area contributed by atoms with Crippen LogP contribution in [0.25, 0.3) is 5.69 Å². The Labute approximate surface area is 209 Å². The summed E-state index contributed by atoms with van der Waals surface area (Å²) in [7, 11) is 1.60. The fraction of sp³-hybridized carbons (Fsp3) is 0.308. The molecule has 3 aromatic rings. The number of hydrogen-bond acceptors (Lipinski definition) is 7. The van der Waals surface area contributed by atoms with E-state index < -0.39 is 0 Å². The number of aromatic nitrogens is 1. The van der Waals surface area contributed by atoms with Crippen molar-refractivity contribution in [3.05, 3.63) is 75.5 Å². The minimum atomic E-state index is -0.371. The second-order valence-corrected chi connectivity index (χ2v) is 8.64. The average Bonchev–Trinajstić information content (AvgIpc) is 3.12. The standard InChI is InChI=1S/C26H28N6O4/c1-18-19(2)31(20-8-10-21(36-3)11-9-20)26(22(18)16-27)28-25(33)17-29-12-14-30(15-13-29)23-6-4-5-7-24(23)32(34)35/h4-11H,12-15,17H2,1-3H3,(H,28,33). The number of para-hydroxylation sites is 2. The number of carbonyl (C=O) groups excluding carboxylic acids is 1. The molecule has 10 nitrogen and oxygen atoms in total. The highest BCUT2D eigenvalue weighted by Gasteiger charge is 2.26. The Bertz CT molecular complexity index is 1320. The SMILES string of the molecule is COc1ccc(-n2c(C)c(C)c(C#N)c2NC(=O)CN2CCN(c3ccccc3[N+](=O)[O-])CC2)cc1. The van der Waals surface area contributed by atoms with Gasteiger partial charge in [0.05, 0.1) is 24.1 Å². The van der Waals surface area contributed by atoms with Crippen molar-refractivity contribution in [2.45, 2.75) is 13.8 Å². The minimum Gasteiger partial charge on any atom is -0.497 e. The van der Waals surface area contributed by atoms with Crippen LogP contribution in [-0.4, -0.2) is 60.1 Å². The van der Waals surface area contributed by atoms with Crippen LogP contribution in [0, 0.1) is 35.3 Å². The summed E-state index contributed by atoms with van der Waals surface area (Å²) in [4.78, 5) is 28.0. The molecule has 0 bridgehead atoms. The van der Waals surface area contributed by atoms with E-state index in [1.165, 1.54) is 6.07 Å². The van der Waals surface area contributed by atoms with Gasteiger partial charge in [-0.05, 0) is 49.7 Å². The highest BCUT2D eigenvalue weighted by atomic mass is 16.6. The number of nitriles is 1. The van der Waals surface area contributed by atoms with E-state index in [-0.39, 0.29) is 23.1 Å². The number of nitrogens with zero attached hydrogens (tertiary/aromatic N) is 5. The average molecular weight is 489 g/mol. The molecule has 1 fully saturated rings. The maximum atomic E-state index is 13.0. The Kier molecular flexibility index (Phi) is 7.22. The van der Waals surface area contributed by atoms with Crippen molar-refractivity contribution < 1.29 is 14.5 Å². The summed E-state index contributed by atoms with van der Waals surface area (Å²) in [5.74, 6) is 0.936. The van der Waals surface area contributed by atoms with Gasteiger partial charge in [0.25, 0.3) is 5.69 Å². The predicted octanol–water partition coefficient (Wildman–Crippen LogP) is 3.64. The number of benzene rings is 2. The van der Waals surface area contributed by atoms with Crippen LogP contribution in [0.2, 0.25) is 0 Å². The van der Waals surface area contributed by atoms with Gasteiger partial charge in [0.1, 0.15) is 23.3 Å². The first-order valence-electron chi connectivity index (χ1n) is 11.6. The minimum absolute atomic E-state index is 0.0813. The van der Waals surface area contributed by atoms with E-state index in [9.17, 15) is 20.2 Å². The van der Waals surface area contributed by atoms with E-state index in [0.717, 1.165) is 16.9 Å². The van der Waals surface area contributed by atoms with Crippen LogP contribution in [0.3, 0.4) is 0 Å². The summed E-state index contributed by atoms with van der Waals surface area (Å²) in [6.07, 6.45) is 0. The van der Waals surface area contributed by atoms with Crippen LogP contribution in [-0.2, 0) is 4.79 Å². The molecule has 1 amide bonds. The van der Waals surface area contributed by atoms with E-state index in [1.807, 2.05) is 52.5 Å². The molecule has 1 aliphatic heterocycles. The molecule has 10 heteroatoms. The van der Waals surface area contributed by atoms with E-state index in [2.05, 4.69) is 11.4 Å². The molecule has 0 spiro atoms. The third-order valence-electron chi connectivity index (χ3n) is 6.57. The number of hydrogen-bond donors (Lipinski definition) is 1. The van der Waals surface area contributed by atoms with E-state index in [1.54, 1.807) is 25.3 Å². The fourth-order valence-corrected chi connectivity index (χ4v) is 4.52. The van der Waals surface area contributed by atoms with Gasteiger partial charge < -0.3 is 15.0 Å². The number of carbonyl (C=O) groups is 1. The zero-order chi connectivity index (χ0) is 25.8. The molecule has 36 heavy (non-hydrogen) atoms. The summed E-state index contributed by atoms with van der Waals surface area (Å²) in [6.45, 7) is 6.25. The largest absolute Gasteiger partial charge is 0.497 e. The lowest BCUT2D eigenvalue weighted by Gasteiger charge is -2.35. The van der Waals surface area contributed by atoms with Crippen molar-refractivity contribution >= 4 is 23.1 Å². The van der Waals surface area contributed by atoms with Crippen molar-refractivity contribution in [3.63, 3.8) is 0 Å². The van der Waals surface area contributed by atoms with Gasteiger partial charge in [0.15, 0.2) is 0 Å². The highest BCUT2D eigenvalue weighted by Crippen LogP contribution is 2.31. The summed E-state index contributed by atoms with van der Waals surface area (Å²) >= 11 is 0. The molecule has 186 valence electrons. The lowest BCUT2D eigenvalue weighted by molar-refractivity contribution is -0.384. The van der Waals surface area contributed by atoms with Gasteiger partial charge in [-0.3, -0.25) is 24.4 Å². The monoisotopic (exact) mass is 488 g/mol. The summed E-state index contributed by atoms with van der Waals surface area (Å²) in [5.41, 5.74) is 3.59. The van der Waals surface area contributed by atoms with Gasteiger partial charge in [-0.25, -0.2) is 0 Å². The lowest BCUT2D eigenvalue weighted by Crippen LogP contribution is -2.48. The third kappa shape index (κ3) is 4.87. The molecule has 0 radical (unpaired) electrons. The Hall–Kier alpha value is -4.36. The molecule has 0 unspecified atom stereocenters. The molecule has 2 aromatic carbocycles. The Morgan fingerprint density at radius 1 is 1.11 bits per heavy atom. The van der Waals surface area contributed by atoms with Crippen molar-refractivity contribution in [2.75, 3.05) is 50.1 Å². The Balaban J connectivity index is 1.47. The fourth-order valence-electron chi connectivity index (χ4n) is 4.52. The highest BCUT2D eigenvalue weighted by molar-refractivity contribution is 5.93. The smallest absolute Gasteiger partial charge is 0.292 e. The van der Waals surface area contributed by atoms with Gasteiger partial charge >= 0.3 is 0 Å². The van der Waals surface area contributed by atoms with Crippen molar-refractivity contribution in [1.82, 2.24) is 9.47 Å². The number of anilines is 2. The number of piperazine rings is 1. The first-order valence-corrected chi connectivity index (χ1v) is 11.6. The summed E-state index contributed by atoms with van der Waals surface area (Å²) < 4.78 is 7.12. The molecule has 1 aliphatic rings. The third-order valence-corrected chi connectivity index (χ3v) is 6.57. The Morgan fingerprint density at radius 2 is 1.78 bits per heavy atom. The molecule has 1 N–H and O–H groups in total. The van der Waals surface area contributed by atoms with Crippen LogP contribution >= 0.6 is 0 Å². The quantitative estimate of drug-likeness (QED) is 0.399. The molecular formula is C26H28N6O4. The zero-order valence-corrected chi connectivity index (χ0v) is 20.5. The van der Waals surface area contributed by atoms with Crippen molar-refractivity contribution in [1.29, 1.82) is 5.26 Å². The molecule has 1 saturated heterocycles. The molecule has 0 aliphatic carbocycles. The van der Waals surface area contributed by atoms with Gasteiger partial charge in [-0.2, -0.15) is 5.26 Å². The van der Waals surface area contributed by atoms with Crippen LogP contribution in [0.1, 0.15) is 16.8 Å². The summed E-state index contributed by atoms with van der Waals surface area (Å²) in [6, 6.07) is 16.4. The normalized spacial score (nSPS) is 13.8. The van der Waals surface area contributed by atoms with Gasteiger partial charge in [-0.15, -0.1) is 0 Å². The first kappa shape index (κ1) is 24.8. The maximum Gasteiger partial charge on any atom is 0.292 e. The second-order valence-electron chi connectivity index (χ2n) is 8.64. The number of nitro groups is 1. The van der Waals surface area contributed by atoms with Crippen LogP contribution in [0.4, 0.5) is 17.2 Å². The van der Waals surface area contributed by atoms with Gasteiger partial charge in [-0.1, -0.05) is 12.1 Å². The number of ether oxygens (including phenoxy) is 1. The predicted molar refractivity (Wildman–Crippen MR) is 137 cm³/mol. The summed E-state index contributed by atoms with van der Waals surface area (Å²) in [5, 5.41) is 24.1. The van der Waals surface area contributed by atoms with Crippen LogP contribution in [0.5, 0.6) is 5.75 Å². The molecular weight excluding hydrogens is 460 g/mol. The van der Waals surface area contributed by atoms with Crippen LogP contribution in [0.15, 0.2) is 48.5 Å². The molecule has 2 heterocycles. The number of nitrogens with one attached hydrogen (secondary N) is 1. The van der Waals surface area contributed by atoms with E-state index in [4.69, 9.17) is 4.74 Å². The van der Waals surface area contributed by atoms with Crippen molar-refractivity contribution in [2.24, 2.45) is 0 Å². The maximum absolute atomic E-state index is 13.0. The molecule has 1 aromatic heterocycles. The van der Waals surface area contributed by atoms with Gasteiger partial charge in [0, 0.05) is 43.6 Å². The number of methoxy groups -OCH3 is 1. The topological polar surface area (TPSA) is 117 Å². The molecule has 0 saturated carbocycles. The zero-order valence-electron chi connectivity index (χ0n) is 20.5. The van der Waals surface area contributed by atoms with Crippen LogP contribution < -0.4 is 15.0 Å². The van der Waals surface area contributed by atoms with E-state index in [0.29, 0.717) is 49.0 Å². The first-order chi connectivity index (χ1) is 17.3. The van der Waals surface area contributed by atoms with Gasteiger partial charge in [0.2, 0.25) is 5.91 Å². The number of amides is 1. The number of rotatable bonds is 7.